The van der Waals surface area contributed by atoms with Crippen molar-refractivity contribution in [1.29, 1.82) is 0 Å². The van der Waals surface area contributed by atoms with E-state index < -0.39 is 5.91 Å². The van der Waals surface area contributed by atoms with Crippen LogP contribution in [0, 0.1) is 0 Å². The highest BCUT2D eigenvalue weighted by atomic mass is 16.2. The van der Waals surface area contributed by atoms with Gasteiger partial charge in [-0.15, -0.1) is 0 Å². The summed E-state index contributed by atoms with van der Waals surface area (Å²) in [5.74, 6) is -0.402. The van der Waals surface area contributed by atoms with Crippen LogP contribution in [0.25, 0.3) is 0 Å². The molecule has 0 aliphatic carbocycles. The maximum Gasteiger partial charge on any atom is 0.263 e. The molecule has 0 atom stereocenters. The van der Waals surface area contributed by atoms with E-state index in [0.29, 0.717) is 17.1 Å². The number of nitrogen functional groups attached to an aromatic ring is 1. The number of nitrogens with one attached hydrogen (secondary N) is 1. The van der Waals surface area contributed by atoms with Gasteiger partial charge in [-0.05, 0) is 12.8 Å². The summed E-state index contributed by atoms with van der Waals surface area (Å²) in [7, 11) is 0. The number of rotatable bonds is 3. The van der Waals surface area contributed by atoms with Crippen LogP contribution in [0.4, 0.5) is 5.82 Å². The Morgan fingerprint density at radius 2 is 2.06 bits per heavy atom. The van der Waals surface area contributed by atoms with Crippen LogP contribution in [0.2, 0.25) is 0 Å². The number of aromatic nitrogens is 2. The standard InChI is InChI=1S/C11H16N4O2/c1-3-6(4-2)15-10(12)9-7(14-15)5-8(16)13-11(9)17/h6H,3-5,12H2,1-2H3,(H,13,16,17). The minimum absolute atomic E-state index is 0.123. The zero-order valence-electron chi connectivity index (χ0n) is 9.99. The number of anilines is 1. The van der Waals surface area contributed by atoms with Crippen molar-refractivity contribution < 1.29 is 9.59 Å². The van der Waals surface area contributed by atoms with Gasteiger partial charge in [0.1, 0.15) is 11.4 Å². The lowest BCUT2D eigenvalue weighted by Crippen LogP contribution is -2.37. The Labute approximate surface area is 99.2 Å². The molecular weight excluding hydrogens is 220 g/mol. The molecule has 1 aliphatic heterocycles. The molecule has 0 spiro atoms. The zero-order valence-corrected chi connectivity index (χ0v) is 9.99. The Morgan fingerprint density at radius 3 is 2.65 bits per heavy atom. The van der Waals surface area contributed by atoms with E-state index in [1.165, 1.54) is 0 Å². The van der Waals surface area contributed by atoms with Crippen molar-refractivity contribution >= 4 is 17.6 Å². The molecule has 1 aliphatic rings. The summed E-state index contributed by atoms with van der Waals surface area (Å²) in [5.41, 5.74) is 6.79. The Bertz CT molecular complexity index is 474. The van der Waals surface area contributed by atoms with E-state index >= 15 is 0 Å². The normalized spacial score (nSPS) is 15.0. The summed E-state index contributed by atoms with van der Waals surface area (Å²) in [5, 5.41) is 6.56. The number of nitrogens with zero attached hydrogens (tertiary/aromatic N) is 2. The lowest BCUT2D eigenvalue weighted by Gasteiger charge is -2.14. The van der Waals surface area contributed by atoms with E-state index in [-0.39, 0.29) is 18.4 Å². The number of carbonyl (C=O) groups excluding carboxylic acids is 2. The molecule has 0 bridgehead atoms. The monoisotopic (exact) mass is 236 g/mol. The second kappa shape index (κ2) is 4.20. The van der Waals surface area contributed by atoms with E-state index in [2.05, 4.69) is 10.4 Å². The van der Waals surface area contributed by atoms with Gasteiger partial charge in [0, 0.05) is 0 Å². The van der Waals surface area contributed by atoms with Crippen molar-refractivity contribution in [3.05, 3.63) is 11.3 Å². The third-order valence-corrected chi connectivity index (χ3v) is 3.12. The first-order chi connectivity index (χ1) is 8.08. The quantitative estimate of drug-likeness (QED) is 0.753. The van der Waals surface area contributed by atoms with E-state index in [9.17, 15) is 9.59 Å². The van der Waals surface area contributed by atoms with Gasteiger partial charge in [0.05, 0.1) is 18.2 Å². The number of imide groups is 1. The average molecular weight is 236 g/mol. The predicted octanol–water partition coefficient (Wildman–Crippen LogP) is 0.639. The van der Waals surface area contributed by atoms with Crippen LogP contribution in [0.3, 0.4) is 0 Å². The van der Waals surface area contributed by atoms with Crippen molar-refractivity contribution in [1.82, 2.24) is 15.1 Å². The molecule has 0 saturated carbocycles. The zero-order chi connectivity index (χ0) is 12.6. The van der Waals surface area contributed by atoms with E-state index in [1.807, 2.05) is 13.8 Å². The van der Waals surface area contributed by atoms with Crippen LogP contribution in [0.15, 0.2) is 0 Å². The third kappa shape index (κ3) is 1.79. The minimum atomic E-state index is -0.439. The average Bonchev–Trinajstić information content (AvgIpc) is 2.58. The first-order valence-electron chi connectivity index (χ1n) is 5.79. The van der Waals surface area contributed by atoms with Crippen LogP contribution in [-0.4, -0.2) is 21.6 Å². The number of hydrogen-bond donors (Lipinski definition) is 2. The van der Waals surface area contributed by atoms with Crippen molar-refractivity contribution in [3.63, 3.8) is 0 Å². The van der Waals surface area contributed by atoms with Crippen molar-refractivity contribution in [2.24, 2.45) is 0 Å². The highest BCUT2D eigenvalue weighted by Gasteiger charge is 2.30. The van der Waals surface area contributed by atoms with Gasteiger partial charge in [0.15, 0.2) is 0 Å². The van der Waals surface area contributed by atoms with Crippen LogP contribution < -0.4 is 11.1 Å². The first kappa shape index (κ1) is 11.6. The van der Waals surface area contributed by atoms with Gasteiger partial charge in [-0.25, -0.2) is 4.68 Å². The van der Waals surface area contributed by atoms with Crippen molar-refractivity contribution in [2.75, 3.05) is 5.73 Å². The molecule has 2 amide bonds. The van der Waals surface area contributed by atoms with Crippen molar-refractivity contribution in [3.8, 4) is 0 Å². The number of hydrogen-bond acceptors (Lipinski definition) is 4. The molecule has 0 radical (unpaired) electrons. The van der Waals surface area contributed by atoms with Gasteiger partial charge >= 0.3 is 0 Å². The molecule has 6 heteroatoms. The van der Waals surface area contributed by atoms with E-state index in [0.717, 1.165) is 12.8 Å². The lowest BCUT2D eigenvalue weighted by molar-refractivity contribution is -0.119. The maximum absolute atomic E-state index is 11.7. The molecule has 0 unspecified atom stereocenters. The Kier molecular flexibility index (Phi) is 2.87. The number of amides is 2. The molecule has 17 heavy (non-hydrogen) atoms. The summed E-state index contributed by atoms with van der Waals surface area (Å²) >= 11 is 0. The Balaban J connectivity index is 2.49. The molecule has 92 valence electrons. The molecule has 0 aromatic carbocycles. The van der Waals surface area contributed by atoms with Gasteiger partial charge in [-0.1, -0.05) is 13.8 Å². The predicted molar refractivity (Wildman–Crippen MR) is 62.4 cm³/mol. The highest BCUT2D eigenvalue weighted by Crippen LogP contribution is 2.26. The smallest absolute Gasteiger partial charge is 0.263 e. The van der Waals surface area contributed by atoms with E-state index in [1.54, 1.807) is 4.68 Å². The van der Waals surface area contributed by atoms with Gasteiger partial charge in [-0.2, -0.15) is 5.10 Å². The molecular formula is C11H16N4O2. The Morgan fingerprint density at radius 1 is 1.41 bits per heavy atom. The fourth-order valence-electron chi connectivity index (χ4n) is 2.17. The van der Waals surface area contributed by atoms with Crippen LogP contribution in [-0.2, 0) is 11.2 Å². The van der Waals surface area contributed by atoms with Crippen molar-refractivity contribution in [2.45, 2.75) is 39.2 Å². The third-order valence-electron chi connectivity index (χ3n) is 3.12. The second-order valence-corrected chi connectivity index (χ2v) is 4.18. The topological polar surface area (TPSA) is 90.0 Å². The van der Waals surface area contributed by atoms with Gasteiger partial charge in [-0.3, -0.25) is 14.9 Å². The van der Waals surface area contributed by atoms with Gasteiger partial charge in [0.25, 0.3) is 5.91 Å². The summed E-state index contributed by atoms with van der Waals surface area (Å²) in [6.45, 7) is 4.08. The summed E-state index contributed by atoms with van der Waals surface area (Å²) in [4.78, 5) is 22.9. The van der Waals surface area contributed by atoms with Gasteiger partial charge < -0.3 is 5.73 Å². The molecule has 6 nitrogen and oxygen atoms in total. The van der Waals surface area contributed by atoms with Crippen LogP contribution in [0.1, 0.15) is 48.8 Å². The van der Waals surface area contributed by atoms with Crippen LogP contribution >= 0.6 is 0 Å². The molecule has 1 aromatic rings. The Hall–Kier alpha value is -1.85. The number of carbonyl (C=O) groups is 2. The summed E-state index contributed by atoms with van der Waals surface area (Å²) in [6.07, 6.45) is 1.89. The molecule has 0 fully saturated rings. The van der Waals surface area contributed by atoms with E-state index in [4.69, 9.17) is 5.73 Å². The SMILES string of the molecule is CCC(CC)n1nc2c(c1N)C(=O)NC(=O)C2. The molecule has 0 saturated heterocycles. The second-order valence-electron chi connectivity index (χ2n) is 4.18. The number of fused-ring (bicyclic) bond motifs is 1. The highest BCUT2D eigenvalue weighted by molar-refractivity contribution is 6.11. The largest absolute Gasteiger partial charge is 0.383 e. The molecule has 1 aromatic heterocycles. The number of nitrogens with two attached hydrogens (primary N) is 1. The summed E-state index contributed by atoms with van der Waals surface area (Å²) in [6, 6.07) is 0.170. The first-order valence-corrected chi connectivity index (χ1v) is 5.79. The maximum atomic E-state index is 11.7. The van der Waals surface area contributed by atoms with Crippen LogP contribution in [0.5, 0.6) is 0 Å². The molecule has 2 heterocycles. The fraction of sp³-hybridized carbons (Fsp3) is 0.545. The lowest BCUT2D eigenvalue weighted by atomic mass is 10.1. The fourth-order valence-corrected chi connectivity index (χ4v) is 2.17. The molecule has 3 N–H and O–H groups in total. The summed E-state index contributed by atoms with van der Waals surface area (Å²) < 4.78 is 1.67. The minimum Gasteiger partial charge on any atom is -0.383 e. The molecule has 2 rings (SSSR count). The van der Waals surface area contributed by atoms with Gasteiger partial charge in [0.2, 0.25) is 5.91 Å².